The summed E-state index contributed by atoms with van der Waals surface area (Å²) in [6.07, 6.45) is 5.84. The summed E-state index contributed by atoms with van der Waals surface area (Å²) >= 11 is 0. The largest absolute Gasteiger partial charge is 0.309 e. The quantitative estimate of drug-likeness (QED) is 0.155. The summed E-state index contributed by atoms with van der Waals surface area (Å²) < 4.78 is 0. The van der Waals surface area contributed by atoms with E-state index in [2.05, 4.69) is 248 Å². The average molecular weight is 804 g/mol. The first-order valence-electron chi connectivity index (χ1n) is 22.2. The summed E-state index contributed by atoms with van der Waals surface area (Å²) in [4.78, 5) is 2.52. The lowest BCUT2D eigenvalue weighted by Crippen LogP contribution is -2.29. The summed E-state index contributed by atoms with van der Waals surface area (Å²) in [5.74, 6) is 0.421. The van der Waals surface area contributed by atoms with Crippen molar-refractivity contribution in [3.63, 3.8) is 0 Å². The van der Waals surface area contributed by atoms with Crippen LogP contribution in [0.3, 0.4) is 0 Å². The van der Waals surface area contributed by atoms with Gasteiger partial charge in [-0.25, -0.2) is 0 Å². The van der Waals surface area contributed by atoms with Crippen LogP contribution < -0.4 is 4.90 Å². The first-order valence-corrected chi connectivity index (χ1v) is 22.2. The molecule has 0 bridgehead atoms. The molecule has 0 radical (unpaired) electrons. The number of benzene rings is 9. The van der Waals surface area contributed by atoms with Crippen molar-refractivity contribution in [2.24, 2.45) is 5.92 Å². The normalized spacial score (nSPS) is 16.7. The zero-order valence-electron chi connectivity index (χ0n) is 35.2. The van der Waals surface area contributed by atoms with E-state index < -0.39 is 5.41 Å². The van der Waals surface area contributed by atoms with Crippen molar-refractivity contribution in [3.05, 3.63) is 264 Å². The van der Waals surface area contributed by atoms with Crippen molar-refractivity contribution in [2.75, 3.05) is 4.90 Å². The summed E-state index contributed by atoms with van der Waals surface area (Å²) in [6, 6.07) is 83.0. The van der Waals surface area contributed by atoms with Crippen LogP contribution in [0.5, 0.6) is 0 Å². The highest BCUT2D eigenvalue weighted by Crippen LogP contribution is 2.66. The highest BCUT2D eigenvalue weighted by atomic mass is 15.1. The van der Waals surface area contributed by atoms with Gasteiger partial charge in [-0.2, -0.15) is 0 Å². The van der Waals surface area contributed by atoms with Crippen molar-refractivity contribution >= 4 is 22.6 Å². The Hall–Kier alpha value is -7.74. The van der Waals surface area contributed by atoms with Gasteiger partial charge < -0.3 is 4.90 Å². The molecule has 0 aromatic heterocycles. The fraction of sp³-hybridized carbons (Fsp3) is 0.0645. The Morgan fingerprint density at radius 1 is 0.397 bits per heavy atom. The highest BCUT2D eigenvalue weighted by Gasteiger charge is 2.54. The van der Waals surface area contributed by atoms with Crippen molar-refractivity contribution < 1.29 is 0 Å². The van der Waals surface area contributed by atoms with Gasteiger partial charge in [-0.05, 0) is 121 Å². The Morgan fingerprint density at radius 2 is 0.921 bits per heavy atom. The molecule has 2 unspecified atom stereocenters. The van der Waals surface area contributed by atoms with Crippen LogP contribution in [0.15, 0.2) is 242 Å². The van der Waals surface area contributed by atoms with E-state index in [1.807, 2.05) is 0 Å². The standard InChI is InChI=1S/C62H45N/c1-42-32-38-52-53-39-35-47(50-25-12-11-24-49(50)45-20-7-3-8-21-45)41-58(53)62(57(52)40-42)55-28-15-13-27-54(55)61-56(62)29-17-31-60(61)63(48-36-33-44(34-37-48)43-18-5-2-6-19-43)59-30-16-14-26-51(59)46-22-9-4-10-23-46/h2-39,41-42H,40H2,1H3. The van der Waals surface area contributed by atoms with Crippen LogP contribution in [-0.2, 0) is 5.41 Å². The molecule has 0 aliphatic heterocycles. The first kappa shape index (κ1) is 37.1. The number of hydrogen-bond donors (Lipinski definition) is 0. The van der Waals surface area contributed by atoms with Gasteiger partial charge in [0.2, 0.25) is 0 Å². The molecule has 2 atom stereocenters. The average Bonchev–Trinajstić information content (AvgIpc) is 3.82. The van der Waals surface area contributed by atoms with Gasteiger partial charge in [0.25, 0.3) is 0 Å². The van der Waals surface area contributed by atoms with Crippen LogP contribution >= 0.6 is 0 Å². The van der Waals surface area contributed by atoms with Gasteiger partial charge >= 0.3 is 0 Å². The minimum atomic E-state index is -0.467. The summed E-state index contributed by atoms with van der Waals surface area (Å²) in [5, 5.41) is 0. The van der Waals surface area contributed by atoms with E-state index in [4.69, 9.17) is 0 Å². The number of hydrogen-bond acceptors (Lipinski definition) is 1. The van der Waals surface area contributed by atoms with Crippen LogP contribution in [0.2, 0.25) is 0 Å². The maximum atomic E-state index is 2.54. The molecule has 0 fully saturated rings. The van der Waals surface area contributed by atoms with Crippen LogP contribution in [0, 0.1) is 5.92 Å². The second-order valence-corrected chi connectivity index (χ2v) is 17.2. The van der Waals surface area contributed by atoms with Gasteiger partial charge in [0, 0.05) is 16.8 Å². The number of fused-ring (bicyclic) bond motifs is 9. The lowest BCUT2D eigenvalue weighted by atomic mass is 9.67. The Balaban J connectivity index is 1.12. The molecule has 1 nitrogen and oxygen atoms in total. The van der Waals surface area contributed by atoms with Gasteiger partial charge in [-0.15, -0.1) is 0 Å². The van der Waals surface area contributed by atoms with Crippen LogP contribution in [-0.4, -0.2) is 0 Å². The van der Waals surface area contributed by atoms with Crippen molar-refractivity contribution in [2.45, 2.75) is 18.8 Å². The fourth-order valence-corrected chi connectivity index (χ4v) is 11.0. The number of anilines is 3. The molecule has 0 heterocycles. The van der Waals surface area contributed by atoms with Gasteiger partial charge in [0.15, 0.2) is 0 Å². The lowest BCUT2D eigenvalue weighted by Gasteiger charge is -2.35. The molecule has 12 rings (SSSR count). The minimum absolute atomic E-state index is 0.421. The summed E-state index contributed by atoms with van der Waals surface area (Å²) in [5.41, 5.74) is 23.6. The Labute approximate surface area is 370 Å². The van der Waals surface area contributed by atoms with Crippen LogP contribution in [0.4, 0.5) is 17.1 Å². The van der Waals surface area contributed by atoms with Gasteiger partial charge in [0.1, 0.15) is 0 Å². The molecular formula is C62H45N. The van der Waals surface area contributed by atoms with E-state index in [1.54, 1.807) is 0 Å². The molecule has 0 saturated heterocycles. The van der Waals surface area contributed by atoms with E-state index in [-0.39, 0.29) is 0 Å². The zero-order valence-corrected chi connectivity index (χ0v) is 35.2. The molecule has 3 aliphatic carbocycles. The summed E-state index contributed by atoms with van der Waals surface area (Å²) in [6.45, 7) is 2.37. The maximum absolute atomic E-state index is 2.54. The van der Waals surface area contributed by atoms with Crippen LogP contribution in [0.1, 0.15) is 35.6 Å². The van der Waals surface area contributed by atoms with Gasteiger partial charge in [-0.1, -0.05) is 213 Å². The second-order valence-electron chi connectivity index (χ2n) is 17.2. The molecule has 0 amide bonds. The topological polar surface area (TPSA) is 3.24 Å². The number of allylic oxidation sites excluding steroid dienone is 4. The van der Waals surface area contributed by atoms with E-state index in [0.717, 1.165) is 17.8 Å². The Morgan fingerprint density at radius 3 is 1.63 bits per heavy atom. The molecule has 298 valence electrons. The van der Waals surface area contributed by atoms with Crippen molar-refractivity contribution in [1.29, 1.82) is 0 Å². The first-order chi connectivity index (χ1) is 31.2. The predicted molar refractivity (Wildman–Crippen MR) is 264 cm³/mol. The minimum Gasteiger partial charge on any atom is -0.309 e. The molecule has 3 aliphatic rings. The lowest BCUT2D eigenvalue weighted by molar-refractivity contribution is 0.630. The molecule has 9 aromatic rings. The molecule has 0 N–H and O–H groups in total. The second kappa shape index (κ2) is 15.0. The third kappa shape index (κ3) is 5.84. The zero-order chi connectivity index (χ0) is 41.9. The van der Waals surface area contributed by atoms with Crippen LogP contribution in [0.25, 0.3) is 61.2 Å². The number of rotatable bonds is 7. The maximum Gasteiger partial charge on any atom is 0.0689 e. The van der Waals surface area contributed by atoms with E-state index in [0.29, 0.717) is 5.92 Å². The third-order valence-corrected chi connectivity index (χ3v) is 13.7. The van der Waals surface area contributed by atoms with E-state index in [1.165, 1.54) is 94.7 Å². The number of para-hydroxylation sites is 1. The summed E-state index contributed by atoms with van der Waals surface area (Å²) in [7, 11) is 0. The van der Waals surface area contributed by atoms with E-state index >= 15 is 0 Å². The van der Waals surface area contributed by atoms with E-state index in [9.17, 15) is 0 Å². The molecular weight excluding hydrogens is 759 g/mol. The number of nitrogens with zero attached hydrogens (tertiary/aromatic N) is 1. The highest BCUT2D eigenvalue weighted by molar-refractivity contribution is 6.03. The van der Waals surface area contributed by atoms with Crippen molar-refractivity contribution in [1.82, 2.24) is 0 Å². The molecule has 1 heteroatoms. The predicted octanol–water partition coefficient (Wildman–Crippen LogP) is 16.5. The molecule has 0 saturated carbocycles. The van der Waals surface area contributed by atoms with Gasteiger partial charge in [-0.3, -0.25) is 0 Å². The Bertz CT molecular complexity index is 3250. The fourth-order valence-electron chi connectivity index (χ4n) is 11.0. The van der Waals surface area contributed by atoms with Crippen molar-refractivity contribution in [3.8, 4) is 55.6 Å². The van der Waals surface area contributed by atoms with Gasteiger partial charge in [0.05, 0.1) is 16.8 Å². The molecule has 9 aromatic carbocycles. The smallest absolute Gasteiger partial charge is 0.0689 e. The monoisotopic (exact) mass is 803 g/mol. The molecule has 63 heavy (non-hydrogen) atoms. The molecule has 1 spiro atoms. The Kier molecular flexibility index (Phi) is 8.83. The SMILES string of the molecule is CC1C=CC2=C(C1)C1(c3cc(-c4ccccc4-c4ccccc4)ccc32)c2ccccc2-c2c(N(c3ccc(-c4ccccc4)cc3)c3ccccc3-c3ccccc3)cccc21. The third-order valence-electron chi connectivity index (χ3n) is 13.7.